The van der Waals surface area contributed by atoms with E-state index >= 15 is 0 Å². The van der Waals surface area contributed by atoms with Crippen molar-refractivity contribution in [3.63, 3.8) is 0 Å². The highest BCUT2D eigenvalue weighted by molar-refractivity contribution is 7.26. The van der Waals surface area contributed by atoms with Crippen molar-refractivity contribution in [3.8, 4) is 33.6 Å². The fourth-order valence-electron chi connectivity index (χ4n) is 8.36. The Kier molecular flexibility index (Phi) is 6.16. The van der Waals surface area contributed by atoms with Gasteiger partial charge in [-0.15, -0.1) is 11.3 Å². The molecule has 0 unspecified atom stereocenters. The first-order valence-electron chi connectivity index (χ1n) is 17.4. The van der Waals surface area contributed by atoms with Crippen LogP contribution in [0.15, 0.2) is 182 Å². The average molecular weight is 667 g/mol. The third kappa shape index (κ3) is 4.16. The van der Waals surface area contributed by atoms with Crippen LogP contribution < -0.4 is 0 Å². The molecule has 0 aliphatic rings. The van der Waals surface area contributed by atoms with Crippen molar-refractivity contribution in [2.24, 2.45) is 0 Å². The lowest BCUT2D eigenvalue weighted by Gasteiger charge is -2.13. The molecule has 0 spiro atoms. The van der Waals surface area contributed by atoms with E-state index in [2.05, 4.69) is 191 Å². The third-order valence-corrected chi connectivity index (χ3v) is 11.7. The molecule has 0 aliphatic heterocycles. The summed E-state index contributed by atoms with van der Waals surface area (Å²) in [4.78, 5) is 0. The van der Waals surface area contributed by atoms with Gasteiger partial charge in [0.2, 0.25) is 0 Å². The highest BCUT2D eigenvalue weighted by Gasteiger charge is 2.21. The van der Waals surface area contributed by atoms with Crippen LogP contribution in [0.5, 0.6) is 0 Å². The van der Waals surface area contributed by atoms with Crippen LogP contribution in [-0.4, -0.2) is 9.13 Å². The lowest BCUT2D eigenvalue weighted by Crippen LogP contribution is -1.95. The Balaban J connectivity index is 1.18. The van der Waals surface area contributed by atoms with Crippen LogP contribution in [0.2, 0.25) is 0 Å². The zero-order chi connectivity index (χ0) is 33.5. The molecule has 0 radical (unpaired) electrons. The SMILES string of the molecule is c1ccc(-c2ccc(-n3c4ccccc4c4cc(-c5cccc6c5c5ccccc5n6-c5ccccc5)ccc43)c3sc4ccccc4c23)cc1. The molecule has 0 amide bonds. The number of hydrogen-bond donors (Lipinski definition) is 0. The van der Waals surface area contributed by atoms with Crippen LogP contribution in [0.4, 0.5) is 0 Å². The highest BCUT2D eigenvalue weighted by Crippen LogP contribution is 2.46. The molecule has 0 fully saturated rings. The van der Waals surface area contributed by atoms with Gasteiger partial charge in [0.05, 0.1) is 32.5 Å². The van der Waals surface area contributed by atoms with Crippen molar-refractivity contribution < 1.29 is 0 Å². The largest absolute Gasteiger partial charge is 0.309 e. The van der Waals surface area contributed by atoms with E-state index in [1.807, 2.05) is 11.3 Å². The van der Waals surface area contributed by atoms with E-state index in [1.165, 1.54) is 97.4 Å². The van der Waals surface area contributed by atoms with Crippen LogP contribution in [0.25, 0.3) is 97.4 Å². The van der Waals surface area contributed by atoms with E-state index in [9.17, 15) is 0 Å². The minimum Gasteiger partial charge on any atom is -0.309 e. The number of benzene rings is 8. The summed E-state index contributed by atoms with van der Waals surface area (Å²) in [6, 6.07) is 66.5. The van der Waals surface area contributed by atoms with Gasteiger partial charge in [-0.05, 0) is 76.9 Å². The lowest BCUT2D eigenvalue weighted by molar-refractivity contribution is 1.18. The molecule has 0 aliphatic carbocycles. The molecule has 11 rings (SSSR count). The third-order valence-electron chi connectivity index (χ3n) is 10.5. The molecule has 11 aromatic rings. The van der Waals surface area contributed by atoms with Crippen molar-refractivity contribution >= 4 is 75.1 Å². The Morgan fingerprint density at radius 1 is 0.353 bits per heavy atom. The van der Waals surface area contributed by atoms with E-state index in [0.717, 1.165) is 0 Å². The molecule has 238 valence electrons. The van der Waals surface area contributed by atoms with Gasteiger partial charge in [0.25, 0.3) is 0 Å². The molecule has 0 saturated heterocycles. The number of aromatic nitrogens is 2. The number of thiophene rings is 1. The number of rotatable bonds is 4. The fourth-order valence-corrected chi connectivity index (χ4v) is 9.60. The standard InChI is InChI=1S/C48H30N2S/c1-3-14-31(15-4-1)35-27-29-44(48-47(35)38-20-9-12-25-45(38)51-48)50-40-22-10-7-18-36(40)39-30-32(26-28-42(39)50)34-21-13-24-43-46(34)37-19-8-11-23-41(37)49(43)33-16-5-2-6-17-33/h1-30H. The first-order valence-corrected chi connectivity index (χ1v) is 18.3. The molecule has 3 heterocycles. The summed E-state index contributed by atoms with van der Waals surface area (Å²) in [6.07, 6.45) is 0. The van der Waals surface area contributed by atoms with Crippen LogP contribution >= 0.6 is 11.3 Å². The highest BCUT2D eigenvalue weighted by atomic mass is 32.1. The summed E-state index contributed by atoms with van der Waals surface area (Å²) < 4.78 is 7.50. The maximum atomic E-state index is 2.49. The van der Waals surface area contributed by atoms with Crippen LogP contribution in [0.3, 0.4) is 0 Å². The molecule has 0 bridgehead atoms. The van der Waals surface area contributed by atoms with Crippen molar-refractivity contribution in [2.45, 2.75) is 0 Å². The lowest BCUT2D eigenvalue weighted by atomic mass is 9.97. The molecule has 0 atom stereocenters. The number of para-hydroxylation sites is 3. The summed E-state index contributed by atoms with van der Waals surface area (Å²) in [6.45, 7) is 0. The summed E-state index contributed by atoms with van der Waals surface area (Å²) in [7, 11) is 0. The monoisotopic (exact) mass is 666 g/mol. The normalized spacial score (nSPS) is 11.9. The number of nitrogens with zero attached hydrogens (tertiary/aromatic N) is 2. The quantitative estimate of drug-likeness (QED) is 0.177. The Hall–Kier alpha value is -6.42. The van der Waals surface area contributed by atoms with Gasteiger partial charge in [0.15, 0.2) is 0 Å². The second-order valence-corrected chi connectivity index (χ2v) is 14.3. The molecule has 0 saturated carbocycles. The van der Waals surface area contributed by atoms with Gasteiger partial charge in [-0.3, -0.25) is 0 Å². The number of fused-ring (bicyclic) bond motifs is 9. The topological polar surface area (TPSA) is 9.86 Å². The fraction of sp³-hybridized carbons (Fsp3) is 0. The second kappa shape index (κ2) is 11.0. The van der Waals surface area contributed by atoms with Gasteiger partial charge in [-0.2, -0.15) is 0 Å². The van der Waals surface area contributed by atoms with Crippen molar-refractivity contribution in [3.05, 3.63) is 182 Å². The molecule has 51 heavy (non-hydrogen) atoms. The average Bonchev–Trinajstić information content (AvgIpc) is 3.86. The Morgan fingerprint density at radius 2 is 0.980 bits per heavy atom. The Morgan fingerprint density at radius 3 is 1.80 bits per heavy atom. The summed E-state index contributed by atoms with van der Waals surface area (Å²) in [5, 5.41) is 7.69. The summed E-state index contributed by atoms with van der Waals surface area (Å²) in [5.41, 5.74) is 12.2. The first kappa shape index (κ1) is 28.4. The smallest absolute Gasteiger partial charge is 0.0641 e. The van der Waals surface area contributed by atoms with Gasteiger partial charge in [0, 0.05) is 42.7 Å². The zero-order valence-electron chi connectivity index (χ0n) is 27.6. The van der Waals surface area contributed by atoms with Gasteiger partial charge < -0.3 is 9.13 Å². The minimum atomic E-state index is 1.17. The molecule has 3 heteroatoms. The van der Waals surface area contributed by atoms with Crippen molar-refractivity contribution in [2.75, 3.05) is 0 Å². The van der Waals surface area contributed by atoms with Crippen LogP contribution in [-0.2, 0) is 0 Å². The van der Waals surface area contributed by atoms with E-state index in [-0.39, 0.29) is 0 Å². The van der Waals surface area contributed by atoms with Gasteiger partial charge in [-0.1, -0.05) is 127 Å². The predicted molar refractivity (Wildman–Crippen MR) is 219 cm³/mol. The van der Waals surface area contributed by atoms with Gasteiger partial charge >= 0.3 is 0 Å². The molecule has 3 aromatic heterocycles. The second-order valence-electron chi connectivity index (χ2n) is 13.3. The first-order chi connectivity index (χ1) is 25.3. The van der Waals surface area contributed by atoms with E-state index in [0.29, 0.717) is 0 Å². The van der Waals surface area contributed by atoms with E-state index < -0.39 is 0 Å². The van der Waals surface area contributed by atoms with Gasteiger partial charge in [0.1, 0.15) is 0 Å². The zero-order valence-corrected chi connectivity index (χ0v) is 28.4. The maximum absolute atomic E-state index is 2.49. The van der Waals surface area contributed by atoms with Crippen molar-refractivity contribution in [1.29, 1.82) is 0 Å². The summed E-state index contributed by atoms with van der Waals surface area (Å²) in [5.74, 6) is 0. The Bertz CT molecular complexity index is 3130. The Labute approximate surface area is 298 Å². The summed E-state index contributed by atoms with van der Waals surface area (Å²) >= 11 is 1.89. The van der Waals surface area contributed by atoms with Crippen LogP contribution in [0, 0.1) is 0 Å². The van der Waals surface area contributed by atoms with E-state index in [4.69, 9.17) is 0 Å². The molecule has 8 aromatic carbocycles. The molecule has 2 nitrogen and oxygen atoms in total. The molecule has 0 N–H and O–H groups in total. The van der Waals surface area contributed by atoms with Crippen LogP contribution in [0.1, 0.15) is 0 Å². The number of hydrogen-bond acceptors (Lipinski definition) is 1. The maximum Gasteiger partial charge on any atom is 0.0641 e. The molecular formula is C48H30N2S. The van der Waals surface area contributed by atoms with Gasteiger partial charge in [-0.25, -0.2) is 0 Å². The van der Waals surface area contributed by atoms with Crippen molar-refractivity contribution in [1.82, 2.24) is 9.13 Å². The predicted octanol–water partition coefficient (Wildman–Crippen LogP) is 13.6. The molecular weight excluding hydrogens is 637 g/mol. The van der Waals surface area contributed by atoms with E-state index in [1.54, 1.807) is 0 Å². The minimum absolute atomic E-state index is 1.17.